The number of fused-ring (bicyclic) bond motifs is 5. The average Bonchev–Trinajstić information content (AvgIpc) is 2.91. The molecule has 6 atom stereocenters. The van der Waals surface area contributed by atoms with Crippen molar-refractivity contribution in [3.63, 3.8) is 0 Å². The first-order valence-electron chi connectivity index (χ1n) is 11.0. The van der Waals surface area contributed by atoms with E-state index in [0.717, 1.165) is 32.1 Å². The van der Waals surface area contributed by atoms with E-state index in [1.54, 1.807) is 0 Å². The van der Waals surface area contributed by atoms with Crippen LogP contribution < -0.4 is 5.32 Å². The van der Waals surface area contributed by atoms with Crippen LogP contribution >= 0.6 is 0 Å². The maximum absolute atomic E-state index is 13.0. The Labute approximate surface area is 164 Å². The molecule has 0 aromatic heterocycles. The molecule has 1 N–H and O–H groups in total. The zero-order valence-corrected chi connectivity index (χ0v) is 17.7. The molecular formula is C23H36N2O2. The molecule has 0 aromatic rings. The summed E-state index contributed by atoms with van der Waals surface area (Å²) in [5, 5.41) is 3.25. The molecule has 0 radical (unpaired) electrons. The summed E-state index contributed by atoms with van der Waals surface area (Å²) in [5.74, 6) is 2.47. The third-order valence-corrected chi connectivity index (χ3v) is 8.56. The number of hydrogen-bond donors (Lipinski definition) is 1. The van der Waals surface area contributed by atoms with Gasteiger partial charge in [0, 0.05) is 29.0 Å². The quantitative estimate of drug-likeness (QED) is 0.735. The molecule has 3 fully saturated rings. The SMILES string of the molecule is CC(C)(C)NC(=O)[C@H]1CC[C@H]2[C@@H]3CCC4=NC(=O)CC[C@]4(C)[C@H]3CC[C@]12C. The lowest BCUT2D eigenvalue weighted by Crippen LogP contribution is -2.55. The topological polar surface area (TPSA) is 58.5 Å². The number of carbonyl (C=O) groups excluding carboxylic acids is 2. The number of rotatable bonds is 1. The van der Waals surface area contributed by atoms with Crippen LogP contribution in [0.1, 0.15) is 86.0 Å². The first-order chi connectivity index (χ1) is 12.5. The van der Waals surface area contributed by atoms with Crippen molar-refractivity contribution in [2.75, 3.05) is 0 Å². The van der Waals surface area contributed by atoms with Crippen LogP contribution in [0.15, 0.2) is 4.99 Å². The second kappa shape index (κ2) is 6.15. The molecule has 2 amide bonds. The molecule has 3 aliphatic carbocycles. The predicted octanol–water partition coefficient (Wildman–Crippen LogP) is 4.52. The van der Waals surface area contributed by atoms with Crippen LogP contribution in [0.2, 0.25) is 0 Å². The molecule has 27 heavy (non-hydrogen) atoms. The third kappa shape index (κ3) is 2.98. The van der Waals surface area contributed by atoms with Crippen molar-refractivity contribution in [3.8, 4) is 0 Å². The Morgan fingerprint density at radius 3 is 2.48 bits per heavy atom. The van der Waals surface area contributed by atoms with Crippen molar-refractivity contribution < 1.29 is 9.59 Å². The first-order valence-corrected chi connectivity index (χ1v) is 11.0. The van der Waals surface area contributed by atoms with E-state index in [1.807, 2.05) is 0 Å². The lowest BCUT2D eigenvalue weighted by Gasteiger charge is -2.57. The molecule has 0 saturated heterocycles. The Hall–Kier alpha value is -1.19. The number of nitrogens with one attached hydrogen (secondary N) is 1. The summed E-state index contributed by atoms with van der Waals surface area (Å²) in [6, 6.07) is 0. The number of nitrogens with zero attached hydrogens (tertiary/aromatic N) is 1. The molecule has 4 heteroatoms. The molecule has 0 aromatic carbocycles. The summed E-state index contributed by atoms with van der Waals surface area (Å²) in [4.78, 5) is 29.4. The molecular weight excluding hydrogens is 336 g/mol. The van der Waals surface area contributed by atoms with E-state index >= 15 is 0 Å². The van der Waals surface area contributed by atoms with Gasteiger partial charge in [0.1, 0.15) is 0 Å². The Kier molecular flexibility index (Phi) is 4.36. The van der Waals surface area contributed by atoms with Gasteiger partial charge >= 0.3 is 0 Å². The number of amides is 2. The smallest absolute Gasteiger partial charge is 0.245 e. The largest absolute Gasteiger partial charge is 0.351 e. The highest BCUT2D eigenvalue weighted by molar-refractivity contribution is 6.02. The highest BCUT2D eigenvalue weighted by Crippen LogP contribution is 2.65. The van der Waals surface area contributed by atoms with Gasteiger partial charge in [-0.25, -0.2) is 4.99 Å². The molecule has 1 heterocycles. The molecule has 4 aliphatic rings. The van der Waals surface area contributed by atoms with Gasteiger partial charge in [0.2, 0.25) is 11.8 Å². The number of hydrogen-bond acceptors (Lipinski definition) is 2. The van der Waals surface area contributed by atoms with E-state index in [9.17, 15) is 9.59 Å². The molecule has 4 rings (SSSR count). The fourth-order valence-electron chi connectivity index (χ4n) is 7.26. The van der Waals surface area contributed by atoms with Gasteiger partial charge in [-0.1, -0.05) is 13.8 Å². The molecule has 0 bridgehead atoms. The zero-order chi connectivity index (χ0) is 19.6. The Balaban J connectivity index is 1.58. The maximum atomic E-state index is 13.0. The van der Waals surface area contributed by atoms with E-state index in [4.69, 9.17) is 0 Å². The van der Waals surface area contributed by atoms with E-state index in [0.29, 0.717) is 24.2 Å². The lowest BCUT2D eigenvalue weighted by atomic mass is 9.48. The maximum Gasteiger partial charge on any atom is 0.245 e. The summed E-state index contributed by atoms with van der Waals surface area (Å²) < 4.78 is 0. The minimum Gasteiger partial charge on any atom is -0.351 e. The van der Waals surface area contributed by atoms with Gasteiger partial charge in [0.05, 0.1) is 0 Å². The standard InChI is InChI=1S/C23H36N2O2/c1-21(2,3)25-20(27)17-8-7-15-14-6-9-18-23(5,13-11-19(26)24-18)16(14)10-12-22(15,17)4/h14-17H,6-13H2,1-5H3,(H,25,27)/t14-,15-,16-,17+,22-,23+/m0/s1. The van der Waals surface area contributed by atoms with Crippen molar-refractivity contribution in [3.05, 3.63) is 0 Å². The normalized spacial score (nSPS) is 44.0. The molecule has 0 unspecified atom stereocenters. The summed E-state index contributed by atoms with van der Waals surface area (Å²) >= 11 is 0. The minimum absolute atomic E-state index is 0.0846. The van der Waals surface area contributed by atoms with Gasteiger partial charge in [-0.2, -0.15) is 0 Å². The van der Waals surface area contributed by atoms with E-state index in [1.165, 1.54) is 18.6 Å². The van der Waals surface area contributed by atoms with Crippen LogP contribution in [-0.2, 0) is 9.59 Å². The van der Waals surface area contributed by atoms with Gasteiger partial charge < -0.3 is 5.32 Å². The van der Waals surface area contributed by atoms with Crippen molar-refractivity contribution in [2.45, 2.75) is 91.5 Å². The van der Waals surface area contributed by atoms with Crippen LogP contribution in [-0.4, -0.2) is 23.1 Å². The van der Waals surface area contributed by atoms with Crippen LogP contribution in [0.4, 0.5) is 0 Å². The molecule has 4 nitrogen and oxygen atoms in total. The Morgan fingerprint density at radius 1 is 1.04 bits per heavy atom. The molecule has 150 valence electrons. The van der Waals surface area contributed by atoms with Gasteiger partial charge in [0.25, 0.3) is 0 Å². The molecule has 0 spiro atoms. The van der Waals surface area contributed by atoms with Gasteiger partial charge in [0.15, 0.2) is 0 Å². The van der Waals surface area contributed by atoms with Crippen molar-refractivity contribution >= 4 is 17.5 Å². The second-order valence-corrected chi connectivity index (χ2v) is 11.2. The highest BCUT2D eigenvalue weighted by atomic mass is 16.2. The van der Waals surface area contributed by atoms with Crippen LogP contribution in [0.25, 0.3) is 0 Å². The third-order valence-electron chi connectivity index (χ3n) is 8.56. The Bertz CT molecular complexity index is 691. The average molecular weight is 373 g/mol. The lowest BCUT2D eigenvalue weighted by molar-refractivity contribution is -0.133. The minimum atomic E-state index is -0.166. The van der Waals surface area contributed by atoms with Crippen LogP contribution in [0, 0.1) is 34.5 Å². The van der Waals surface area contributed by atoms with E-state index < -0.39 is 0 Å². The van der Waals surface area contributed by atoms with Crippen molar-refractivity contribution in [1.29, 1.82) is 0 Å². The van der Waals surface area contributed by atoms with Crippen molar-refractivity contribution in [2.24, 2.45) is 39.5 Å². The first kappa shape index (κ1) is 19.1. The molecule has 1 aliphatic heterocycles. The Morgan fingerprint density at radius 2 is 1.78 bits per heavy atom. The van der Waals surface area contributed by atoms with Gasteiger partial charge in [-0.3, -0.25) is 9.59 Å². The van der Waals surface area contributed by atoms with Crippen LogP contribution in [0.3, 0.4) is 0 Å². The number of aliphatic imine (C=N–C) groups is 1. The monoisotopic (exact) mass is 372 g/mol. The summed E-state index contributed by atoms with van der Waals surface area (Å²) in [6.45, 7) is 11.0. The second-order valence-electron chi connectivity index (χ2n) is 11.2. The molecule has 3 saturated carbocycles. The zero-order valence-electron chi connectivity index (χ0n) is 17.7. The summed E-state index contributed by atoms with van der Waals surface area (Å²) in [6.07, 6.45) is 8.25. The van der Waals surface area contributed by atoms with Gasteiger partial charge in [-0.15, -0.1) is 0 Å². The number of carbonyl (C=O) groups is 2. The van der Waals surface area contributed by atoms with E-state index in [2.05, 4.69) is 44.9 Å². The highest BCUT2D eigenvalue weighted by Gasteiger charge is 2.60. The summed E-state index contributed by atoms with van der Waals surface area (Å²) in [7, 11) is 0. The predicted molar refractivity (Wildman–Crippen MR) is 107 cm³/mol. The fourth-order valence-corrected chi connectivity index (χ4v) is 7.26. The van der Waals surface area contributed by atoms with E-state index in [-0.39, 0.29) is 34.1 Å². The van der Waals surface area contributed by atoms with Gasteiger partial charge in [-0.05, 0) is 88.9 Å². The van der Waals surface area contributed by atoms with Crippen LogP contribution in [0.5, 0.6) is 0 Å². The summed E-state index contributed by atoms with van der Waals surface area (Å²) in [5.41, 5.74) is 1.26. The van der Waals surface area contributed by atoms with Crippen molar-refractivity contribution in [1.82, 2.24) is 5.32 Å². The fraction of sp³-hybridized carbons (Fsp3) is 0.870.